The van der Waals surface area contributed by atoms with Crippen molar-refractivity contribution in [2.24, 2.45) is 0 Å². The fraction of sp³-hybridized carbons (Fsp3) is 0.115. The molecule has 4 aromatic rings. The number of carboxylic acid groups (broad SMARTS) is 1. The van der Waals surface area contributed by atoms with Gasteiger partial charge in [-0.05, 0) is 47.4 Å². The van der Waals surface area contributed by atoms with Gasteiger partial charge in [-0.25, -0.2) is 18.1 Å². The van der Waals surface area contributed by atoms with Crippen molar-refractivity contribution >= 4 is 34.2 Å². The minimum absolute atomic E-state index is 0. The Kier molecular flexibility index (Phi) is 9.13. The van der Waals surface area contributed by atoms with Gasteiger partial charge in [-0.3, -0.25) is 9.78 Å². The van der Waals surface area contributed by atoms with E-state index >= 15 is 0 Å². The van der Waals surface area contributed by atoms with Crippen molar-refractivity contribution in [3.8, 4) is 11.1 Å². The number of anilines is 1. The normalized spacial score (nSPS) is 11.8. The lowest BCUT2D eigenvalue weighted by Gasteiger charge is -2.19. The Balaban J connectivity index is 0.00000361. The van der Waals surface area contributed by atoms with Crippen molar-refractivity contribution in [3.05, 3.63) is 109 Å². The van der Waals surface area contributed by atoms with E-state index in [1.807, 2.05) is 54.6 Å². The zero-order chi connectivity index (χ0) is 24.7. The molecule has 0 fully saturated rings. The molecule has 36 heavy (non-hydrogen) atoms. The van der Waals surface area contributed by atoms with Crippen LogP contribution >= 0.6 is 12.4 Å². The van der Waals surface area contributed by atoms with Gasteiger partial charge in [-0.15, -0.1) is 12.4 Å². The minimum Gasteiger partial charge on any atom is -0.480 e. The largest absolute Gasteiger partial charge is 0.480 e. The minimum atomic E-state index is -3.88. The van der Waals surface area contributed by atoms with Gasteiger partial charge in [0.2, 0.25) is 10.0 Å². The second kappa shape index (κ2) is 12.3. The number of hydrogen-bond donors (Lipinski definition) is 3. The molecule has 0 spiro atoms. The van der Waals surface area contributed by atoms with Crippen molar-refractivity contribution in [3.63, 3.8) is 0 Å². The first-order chi connectivity index (χ1) is 16.9. The van der Waals surface area contributed by atoms with Gasteiger partial charge in [0, 0.05) is 12.4 Å². The van der Waals surface area contributed by atoms with Crippen molar-refractivity contribution in [1.29, 1.82) is 0 Å². The molecule has 8 nitrogen and oxygen atoms in total. The molecular weight excluding hydrogens is 500 g/mol. The number of nitrogens with one attached hydrogen (secondary N) is 2. The molecule has 1 atom stereocenters. The van der Waals surface area contributed by atoms with Gasteiger partial charge in [0.25, 0.3) is 0 Å². The Morgan fingerprint density at radius 1 is 0.889 bits per heavy atom. The van der Waals surface area contributed by atoms with E-state index in [-0.39, 0.29) is 23.8 Å². The Hall–Kier alpha value is -3.79. The number of carbonyl (C=O) groups is 1. The van der Waals surface area contributed by atoms with Crippen molar-refractivity contribution < 1.29 is 18.3 Å². The lowest BCUT2D eigenvalue weighted by molar-refractivity contribution is -0.134. The van der Waals surface area contributed by atoms with E-state index in [0.29, 0.717) is 17.9 Å². The molecule has 4 rings (SSSR count). The van der Waals surface area contributed by atoms with E-state index < -0.39 is 22.0 Å². The van der Waals surface area contributed by atoms with Crippen LogP contribution in [0.1, 0.15) is 17.3 Å². The summed E-state index contributed by atoms with van der Waals surface area (Å²) in [5.41, 5.74) is 3.51. The summed E-state index contributed by atoms with van der Waals surface area (Å²) in [4.78, 5) is 19.3. The fourth-order valence-electron chi connectivity index (χ4n) is 3.58. The maximum Gasteiger partial charge on any atom is 0.322 e. The first-order valence-electron chi connectivity index (χ1n) is 10.9. The number of carboxylic acids is 1. The zero-order valence-electron chi connectivity index (χ0n) is 19.1. The van der Waals surface area contributed by atoms with Crippen molar-refractivity contribution in [2.45, 2.75) is 17.4 Å². The van der Waals surface area contributed by atoms with E-state index in [2.05, 4.69) is 20.0 Å². The van der Waals surface area contributed by atoms with Crippen LogP contribution in [0.4, 0.5) is 5.82 Å². The molecule has 0 aliphatic heterocycles. The number of benzene rings is 2. The zero-order valence-corrected chi connectivity index (χ0v) is 20.7. The van der Waals surface area contributed by atoms with Crippen LogP contribution in [-0.4, -0.2) is 36.0 Å². The molecule has 2 aromatic carbocycles. The molecule has 0 bridgehead atoms. The van der Waals surface area contributed by atoms with E-state index in [1.165, 1.54) is 18.5 Å². The molecule has 0 aliphatic carbocycles. The molecule has 0 amide bonds. The lowest BCUT2D eigenvalue weighted by Crippen LogP contribution is -2.31. The van der Waals surface area contributed by atoms with E-state index in [9.17, 15) is 13.2 Å². The fourth-order valence-corrected chi connectivity index (χ4v) is 4.75. The molecule has 2 aromatic heterocycles. The summed E-state index contributed by atoms with van der Waals surface area (Å²) < 4.78 is 28.9. The summed E-state index contributed by atoms with van der Waals surface area (Å²) in [6.45, 7) is -0.302. The summed E-state index contributed by atoms with van der Waals surface area (Å²) in [6.07, 6.45) is 3.13. The van der Waals surface area contributed by atoms with Crippen LogP contribution in [0.15, 0.2) is 102 Å². The molecule has 0 radical (unpaired) electrons. The van der Waals surface area contributed by atoms with Crippen LogP contribution in [0.5, 0.6) is 0 Å². The third-order valence-corrected chi connectivity index (χ3v) is 6.75. The van der Waals surface area contributed by atoms with E-state index in [4.69, 9.17) is 5.11 Å². The topological polar surface area (TPSA) is 121 Å². The van der Waals surface area contributed by atoms with Gasteiger partial charge in [0.05, 0.1) is 11.7 Å². The molecule has 186 valence electrons. The van der Waals surface area contributed by atoms with Crippen LogP contribution < -0.4 is 10.0 Å². The quantitative estimate of drug-likeness (QED) is 0.282. The number of sulfonamides is 1. The summed E-state index contributed by atoms with van der Waals surface area (Å²) in [7, 11) is -3.88. The molecule has 1 unspecified atom stereocenters. The van der Waals surface area contributed by atoms with E-state index in [0.717, 1.165) is 16.7 Å². The predicted molar refractivity (Wildman–Crippen MR) is 140 cm³/mol. The highest BCUT2D eigenvalue weighted by Crippen LogP contribution is 2.24. The summed E-state index contributed by atoms with van der Waals surface area (Å²) in [6, 6.07) is 25.3. The number of halogens is 1. The molecule has 0 saturated carbocycles. The maximum absolute atomic E-state index is 13.1. The molecule has 0 aliphatic rings. The summed E-state index contributed by atoms with van der Waals surface area (Å²) in [5.74, 6) is -0.681. The van der Waals surface area contributed by atoms with Gasteiger partial charge in [-0.2, -0.15) is 0 Å². The van der Waals surface area contributed by atoms with Crippen LogP contribution in [0.3, 0.4) is 0 Å². The Labute approximate surface area is 215 Å². The summed E-state index contributed by atoms with van der Waals surface area (Å²) in [5, 5.41) is 11.7. The Morgan fingerprint density at radius 2 is 1.61 bits per heavy atom. The second-order valence-electron chi connectivity index (χ2n) is 7.82. The Morgan fingerprint density at radius 3 is 2.28 bits per heavy atom. The first-order valence-corrected chi connectivity index (χ1v) is 12.4. The van der Waals surface area contributed by atoms with Crippen molar-refractivity contribution in [1.82, 2.24) is 14.7 Å². The van der Waals surface area contributed by atoms with Gasteiger partial charge < -0.3 is 10.4 Å². The number of pyridine rings is 2. The lowest BCUT2D eigenvalue weighted by atomic mass is 9.99. The molecule has 0 saturated heterocycles. The third kappa shape index (κ3) is 7.11. The highest BCUT2D eigenvalue weighted by Gasteiger charge is 2.23. The average molecular weight is 525 g/mol. The standard InChI is InChI=1S/C26H24N4O4S.ClH/c31-26(32)18-28-25-10-4-9-23(29-25)24(30-35(33,34)22-8-5-15-27-17-22)16-19-11-13-21(14-12-19)20-6-2-1-3-7-20;/h1-15,17,24,30H,16,18H2,(H,28,29)(H,31,32);1H. The second-order valence-corrected chi connectivity index (χ2v) is 9.54. The third-order valence-electron chi connectivity index (χ3n) is 5.29. The van der Waals surface area contributed by atoms with Gasteiger partial charge in [-0.1, -0.05) is 60.7 Å². The first kappa shape index (κ1) is 26.8. The van der Waals surface area contributed by atoms with Crippen LogP contribution in [0.2, 0.25) is 0 Å². The van der Waals surface area contributed by atoms with Gasteiger partial charge in [0.15, 0.2) is 0 Å². The predicted octanol–water partition coefficient (Wildman–Crippen LogP) is 4.32. The number of rotatable bonds is 10. The molecular formula is C26H25ClN4O4S. The van der Waals surface area contributed by atoms with E-state index in [1.54, 1.807) is 24.3 Å². The summed E-state index contributed by atoms with van der Waals surface area (Å²) >= 11 is 0. The molecule has 10 heteroatoms. The van der Waals surface area contributed by atoms with Crippen LogP contribution in [0, 0.1) is 0 Å². The molecule has 2 heterocycles. The van der Waals surface area contributed by atoms with Crippen LogP contribution in [-0.2, 0) is 21.2 Å². The van der Waals surface area contributed by atoms with Gasteiger partial charge in [0.1, 0.15) is 17.3 Å². The number of nitrogens with zero attached hydrogens (tertiary/aromatic N) is 2. The Bertz CT molecular complexity index is 1390. The molecule has 3 N–H and O–H groups in total. The highest BCUT2D eigenvalue weighted by atomic mass is 35.5. The van der Waals surface area contributed by atoms with Gasteiger partial charge >= 0.3 is 5.97 Å². The SMILES string of the molecule is Cl.O=C(O)CNc1cccc(C(Cc2ccc(-c3ccccc3)cc2)NS(=O)(=O)c2cccnc2)n1. The number of hydrogen-bond acceptors (Lipinski definition) is 6. The van der Waals surface area contributed by atoms with Crippen molar-refractivity contribution in [2.75, 3.05) is 11.9 Å². The number of aromatic nitrogens is 2. The monoisotopic (exact) mass is 524 g/mol. The highest BCUT2D eigenvalue weighted by molar-refractivity contribution is 7.89. The number of aliphatic carboxylic acids is 1. The maximum atomic E-state index is 13.1. The average Bonchev–Trinajstić information content (AvgIpc) is 2.89. The van der Waals surface area contributed by atoms with Crippen LogP contribution in [0.25, 0.3) is 11.1 Å². The smallest absolute Gasteiger partial charge is 0.322 e.